The molecule has 0 saturated heterocycles. The molecule has 5 aromatic heterocycles. The van der Waals surface area contributed by atoms with Crippen LogP contribution in [0.3, 0.4) is 0 Å². The minimum Gasteiger partial charge on any atom is -0.455 e. The maximum Gasteiger partial charge on any atom is 0.160 e. The van der Waals surface area contributed by atoms with Crippen LogP contribution in [-0.4, -0.2) is 19.4 Å². The molecule has 5 heterocycles. The first-order chi connectivity index (χ1) is 22.3. The van der Waals surface area contributed by atoms with E-state index in [1.165, 1.54) is 42.8 Å². The Morgan fingerprint density at radius 3 is 2.36 bits per heavy atom. The van der Waals surface area contributed by atoms with E-state index in [2.05, 4.69) is 95.4 Å². The molecule has 0 fully saturated rings. The Hall–Kier alpha value is -5.85. The molecule has 0 spiro atoms. The van der Waals surface area contributed by atoms with E-state index in [0.29, 0.717) is 5.82 Å². The molecule has 0 N–H and O–H groups in total. The fourth-order valence-corrected chi connectivity index (χ4v) is 8.19. The zero-order valence-corrected chi connectivity index (χ0v) is 24.5. The van der Waals surface area contributed by atoms with Gasteiger partial charge in [0.25, 0.3) is 0 Å². The highest BCUT2D eigenvalue weighted by molar-refractivity contribution is 7.18. The van der Waals surface area contributed by atoms with Crippen LogP contribution in [0, 0.1) is 0 Å². The third-order valence-electron chi connectivity index (χ3n) is 9.28. The predicted molar refractivity (Wildman–Crippen MR) is 186 cm³/mol. The Kier molecular flexibility index (Phi) is 4.41. The highest BCUT2D eigenvalue weighted by Crippen LogP contribution is 2.45. The number of thiazole rings is 1. The molecule has 5 nitrogen and oxygen atoms in total. The molecule has 0 aliphatic carbocycles. The molecule has 11 rings (SSSR count). The van der Waals surface area contributed by atoms with E-state index < -0.39 is 0 Å². The van der Waals surface area contributed by atoms with Gasteiger partial charge in [0.1, 0.15) is 11.2 Å². The van der Waals surface area contributed by atoms with Gasteiger partial charge in [0.05, 0.1) is 43.5 Å². The van der Waals surface area contributed by atoms with E-state index >= 15 is 0 Å². The van der Waals surface area contributed by atoms with Crippen molar-refractivity contribution in [3.63, 3.8) is 0 Å². The van der Waals surface area contributed by atoms with Crippen LogP contribution in [0.4, 0.5) is 0 Å². The van der Waals surface area contributed by atoms with Crippen LogP contribution in [-0.2, 0) is 0 Å². The van der Waals surface area contributed by atoms with Gasteiger partial charge in [0.15, 0.2) is 5.82 Å². The van der Waals surface area contributed by atoms with Crippen molar-refractivity contribution in [2.24, 2.45) is 0 Å². The number of rotatable bonds is 2. The van der Waals surface area contributed by atoms with E-state index in [1.54, 1.807) is 11.3 Å². The number of fused-ring (bicyclic) bond motifs is 12. The largest absolute Gasteiger partial charge is 0.455 e. The van der Waals surface area contributed by atoms with E-state index in [0.717, 1.165) is 55.2 Å². The van der Waals surface area contributed by atoms with Gasteiger partial charge < -0.3 is 8.82 Å². The third-order valence-corrected chi connectivity index (χ3v) is 10.1. The van der Waals surface area contributed by atoms with Gasteiger partial charge in [-0.15, -0.1) is 11.3 Å². The Morgan fingerprint density at radius 1 is 0.600 bits per heavy atom. The van der Waals surface area contributed by atoms with Crippen LogP contribution in [0.5, 0.6) is 0 Å². The van der Waals surface area contributed by atoms with Gasteiger partial charge in [-0.25, -0.2) is 15.0 Å². The van der Waals surface area contributed by atoms with Crippen molar-refractivity contribution in [3.05, 3.63) is 121 Å². The van der Waals surface area contributed by atoms with Crippen LogP contribution >= 0.6 is 11.3 Å². The van der Waals surface area contributed by atoms with Crippen molar-refractivity contribution in [2.45, 2.75) is 0 Å². The molecular formula is C39H20N4OS. The van der Waals surface area contributed by atoms with Gasteiger partial charge in [-0.1, -0.05) is 66.7 Å². The second-order valence-corrected chi connectivity index (χ2v) is 12.5. The molecular weight excluding hydrogens is 573 g/mol. The van der Waals surface area contributed by atoms with Crippen LogP contribution in [0.15, 0.2) is 125 Å². The summed E-state index contributed by atoms with van der Waals surface area (Å²) in [5, 5.41) is 8.10. The molecule has 0 atom stereocenters. The SMILES string of the molecule is c1ccc2c(-c3cccc4c3oc3ccccc34)nc(-c3ccc4c(c3)c3cc5ncsc5c5c6ccccc6n4c35)nc2c1. The average Bonchev–Trinajstić information content (AvgIpc) is 3.86. The molecule has 0 aliphatic heterocycles. The highest BCUT2D eigenvalue weighted by Gasteiger charge is 2.22. The zero-order valence-electron chi connectivity index (χ0n) is 23.7. The lowest BCUT2D eigenvalue weighted by atomic mass is 10.0. The van der Waals surface area contributed by atoms with E-state index in [-0.39, 0.29) is 0 Å². The number of nitrogens with zero attached hydrogens (tertiary/aromatic N) is 4. The first kappa shape index (κ1) is 23.6. The maximum atomic E-state index is 6.45. The van der Waals surface area contributed by atoms with Crippen LogP contribution in [0.25, 0.3) is 104 Å². The first-order valence-electron chi connectivity index (χ1n) is 14.9. The van der Waals surface area contributed by atoms with Crippen molar-refractivity contribution in [1.82, 2.24) is 19.4 Å². The Balaban J connectivity index is 1.21. The smallest absolute Gasteiger partial charge is 0.160 e. The van der Waals surface area contributed by atoms with Crippen LogP contribution < -0.4 is 0 Å². The van der Waals surface area contributed by atoms with Crippen molar-refractivity contribution < 1.29 is 4.42 Å². The zero-order chi connectivity index (χ0) is 29.2. The second kappa shape index (κ2) is 8.40. The molecule has 0 amide bonds. The lowest BCUT2D eigenvalue weighted by Crippen LogP contribution is -1.95. The summed E-state index contributed by atoms with van der Waals surface area (Å²) in [6, 6.07) is 40.3. The summed E-state index contributed by atoms with van der Waals surface area (Å²) in [7, 11) is 0. The molecule has 0 radical (unpaired) electrons. The lowest BCUT2D eigenvalue weighted by molar-refractivity contribution is 0.670. The summed E-state index contributed by atoms with van der Waals surface area (Å²) in [6.45, 7) is 0. The molecule has 11 aromatic rings. The van der Waals surface area contributed by atoms with E-state index in [9.17, 15) is 0 Å². The fraction of sp³-hybridized carbons (Fsp3) is 0. The normalized spacial score (nSPS) is 12.4. The number of para-hydroxylation sites is 4. The third kappa shape index (κ3) is 3.04. The minimum atomic E-state index is 0.687. The topological polar surface area (TPSA) is 56.2 Å². The predicted octanol–water partition coefficient (Wildman–Crippen LogP) is 10.6. The van der Waals surface area contributed by atoms with Crippen LogP contribution in [0.1, 0.15) is 0 Å². The van der Waals surface area contributed by atoms with Gasteiger partial charge in [-0.2, -0.15) is 0 Å². The number of furan rings is 1. The monoisotopic (exact) mass is 592 g/mol. The Labute approximate surface area is 259 Å². The standard InChI is InChI=1S/C39H20N4OS/c1-4-13-29-24(9-1)35(26-12-7-11-23-22-8-3-6-15-33(22)44-37(23)26)42-39(41-29)21-16-17-32-27(18-21)28-19-30-38(45-20-40-30)34-25-10-2-5-14-31(25)43(32)36(28)34/h1-20H. The van der Waals surface area contributed by atoms with Gasteiger partial charge in [-0.05, 0) is 48.5 Å². The first-order valence-corrected chi connectivity index (χ1v) is 15.8. The maximum absolute atomic E-state index is 6.45. The van der Waals surface area contributed by atoms with Gasteiger partial charge >= 0.3 is 0 Å². The molecule has 0 saturated carbocycles. The van der Waals surface area contributed by atoms with Crippen molar-refractivity contribution in [2.75, 3.05) is 0 Å². The number of aromatic nitrogens is 4. The van der Waals surface area contributed by atoms with Crippen molar-refractivity contribution >= 4 is 92.5 Å². The quantitative estimate of drug-likeness (QED) is 0.200. The molecule has 0 bridgehead atoms. The summed E-state index contributed by atoms with van der Waals surface area (Å²) in [4.78, 5) is 15.1. The van der Waals surface area contributed by atoms with Crippen LogP contribution in [0.2, 0.25) is 0 Å². The Morgan fingerprint density at radius 2 is 1.40 bits per heavy atom. The molecule has 208 valence electrons. The van der Waals surface area contributed by atoms with Gasteiger partial charge in [0.2, 0.25) is 0 Å². The van der Waals surface area contributed by atoms with Gasteiger partial charge in [-0.3, -0.25) is 0 Å². The molecule has 6 heteroatoms. The second-order valence-electron chi connectivity index (χ2n) is 11.6. The van der Waals surface area contributed by atoms with Crippen molar-refractivity contribution in [3.8, 4) is 22.6 Å². The summed E-state index contributed by atoms with van der Waals surface area (Å²) in [5.41, 5.74) is 12.0. The fourth-order valence-electron chi connectivity index (χ4n) is 7.36. The number of hydrogen-bond acceptors (Lipinski definition) is 5. The molecule has 0 unspecified atom stereocenters. The summed E-state index contributed by atoms with van der Waals surface area (Å²) in [5.74, 6) is 0.687. The van der Waals surface area contributed by atoms with Gasteiger partial charge in [0, 0.05) is 48.8 Å². The average molecular weight is 593 g/mol. The lowest BCUT2D eigenvalue weighted by Gasteiger charge is -2.10. The minimum absolute atomic E-state index is 0.687. The van der Waals surface area contributed by atoms with E-state index in [4.69, 9.17) is 19.4 Å². The highest BCUT2D eigenvalue weighted by atomic mass is 32.1. The number of benzene rings is 6. The summed E-state index contributed by atoms with van der Waals surface area (Å²) >= 11 is 1.71. The molecule has 0 aliphatic rings. The number of hydrogen-bond donors (Lipinski definition) is 0. The molecule has 45 heavy (non-hydrogen) atoms. The molecule has 6 aromatic carbocycles. The van der Waals surface area contributed by atoms with Crippen molar-refractivity contribution in [1.29, 1.82) is 0 Å². The Bertz CT molecular complexity index is 3000. The summed E-state index contributed by atoms with van der Waals surface area (Å²) < 4.78 is 10.1. The van der Waals surface area contributed by atoms with E-state index in [1.807, 2.05) is 29.8 Å². The summed E-state index contributed by atoms with van der Waals surface area (Å²) in [6.07, 6.45) is 0.